The zero-order chi connectivity index (χ0) is 22.1. The molecule has 8 heteroatoms. The molecule has 160 valence electrons. The maximum absolute atomic E-state index is 9.94. The van der Waals surface area contributed by atoms with E-state index >= 15 is 0 Å². The summed E-state index contributed by atoms with van der Waals surface area (Å²) in [5.74, 6) is 1.54. The highest BCUT2D eigenvalue weighted by Crippen LogP contribution is 2.26. The van der Waals surface area contributed by atoms with E-state index in [4.69, 9.17) is 9.97 Å². The number of rotatable bonds is 6. The molecule has 0 unspecified atom stereocenters. The largest absolute Gasteiger partial charge is 0.508 e. The van der Waals surface area contributed by atoms with Gasteiger partial charge in [-0.1, -0.05) is 44.2 Å². The molecule has 0 aliphatic carbocycles. The quantitative estimate of drug-likeness (QED) is 0.418. The molecule has 0 atom stereocenters. The van der Waals surface area contributed by atoms with E-state index in [1.165, 1.54) is 0 Å². The lowest BCUT2D eigenvalue weighted by Crippen LogP contribution is -2.11. The van der Waals surface area contributed by atoms with Gasteiger partial charge in [0, 0.05) is 30.1 Å². The predicted octanol–water partition coefficient (Wildman–Crippen LogP) is 4.42. The van der Waals surface area contributed by atoms with Crippen LogP contribution in [0.1, 0.15) is 30.9 Å². The second-order valence-electron chi connectivity index (χ2n) is 7.84. The van der Waals surface area contributed by atoms with Crippen LogP contribution in [0.3, 0.4) is 0 Å². The molecule has 0 amide bonds. The third kappa shape index (κ3) is 3.66. The first kappa shape index (κ1) is 19.7. The standard InChI is InChI=1S/C24H23N7O/c1-16(2)20-15-27-31-23(20)28-22(17-8-5-9-19(32)13-17)29-24(31)25-14-18-7-3-4-10-21(18)30-12-6-11-26-30/h3-13,15-16,32H,14H2,1-2H3,(H,25,28,29). The summed E-state index contributed by atoms with van der Waals surface area (Å²) in [5, 5.41) is 22.3. The van der Waals surface area contributed by atoms with E-state index in [9.17, 15) is 5.11 Å². The molecule has 2 aromatic carbocycles. The van der Waals surface area contributed by atoms with Crippen LogP contribution in [0.4, 0.5) is 5.95 Å². The van der Waals surface area contributed by atoms with Crippen LogP contribution in [0.15, 0.2) is 73.2 Å². The van der Waals surface area contributed by atoms with Gasteiger partial charge in [0.25, 0.3) is 0 Å². The first-order valence-electron chi connectivity index (χ1n) is 10.5. The minimum atomic E-state index is 0.172. The van der Waals surface area contributed by atoms with Gasteiger partial charge in [-0.2, -0.15) is 19.7 Å². The first-order chi connectivity index (χ1) is 15.6. The lowest BCUT2D eigenvalue weighted by molar-refractivity contribution is 0.475. The van der Waals surface area contributed by atoms with E-state index in [1.807, 2.05) is 47.4 Å². The molecule has 8 nitrogen and oxygen atoms in total. The monoisotopic (exact) mass is 425 g/mol. The van der Waals surface area contributed by atoms with Crippen molar-refractivity contribution in [3.05, 3.63) is 84.3 Å². The van der Waals surface area contributed by atoms with E-state index in [1.54, 1.807) is 28.9 Å². The summed E-state index contributed by atoms with van der Waals surface area (Å²) in [6, 6.07) is 16.9. The number of hydrogen-bond acceptors (Lipinski definition) is 6. The minimum absolute atomic E-state index is 0.172. The number of aromatic hydroxyl groups is 1. The van der Waals surface area contributed by atoms with Crippen molar-refractivity contribution < 1.29 is 5.11 Å². The van der Waals surface area contributed by atoms with Crippen LogP contribution < -0.4 is 5.32 Å². The summed E-state index contributed by atoms with van der Waals surface area (Å²) < 4.78 is 3.58. The van der Waals surface area contributed by atoms with E-state index in [2.05, 4.69) is 35.4 Å². The Balaban J connectivity index is 1.57. The van der Waals surface area contributed by atoms with Crippen LogP contribution in [0, 0.1) is 0 Å². The molecule has 0 saturated heterocycles. The molecule has 3 aromatic heterocycles. The van der Waals surface area contributed by atoms with Crippen LogP contribution >= 0.6 is 0 Å². The van der Waals surface area contributed by atoms with Crippen LogP contribution in [-0.4, -0.2) is 34.5 Å². The molecule has 2 N–H and O–H groups in total. The average Bonchev–Trinajstić information content (AvgIpc) is 3.48. The van der Waals surface area contributed by atoms with Gasteiger partial charge < -0.3 is 10.4 Å². The van der Waals surface area contributed by atoms with E-state index in [0.717, 1.165) is 28.0 Å². The van der Waals surface area contributed by atoms with Crippen molar-refractivity contribution in [2.24, 2.45) is 0 Å². The molecular formula is C24H23N7O. The highest BCUT2D eigenvalue weighted by atomic mass is 16.3. The molecule has 0 spiro atoms. The summed E-state index contributed by atoms with van der Waals surface area (Å²) in [6.45, 7) is 4.75. The van der Waals surface area contributed by atoms with Gasteiger partial charge >= 0.3 is 0 Å². The van der Waals surface area contributed by atoms with Crippen molar-refractivity contribution in [1.82, 2.24) is 29.4 Å². The van der Waals surface area contributed by atoms with E-state index in [-0.39, 0.29) is 11.7 Å². The molecule has 32 heavy (non-hydrogen) atoms. The fourth-order valence-electron chi connectivity index (χ4n) is 3.66. The number of aromatic nitrogens is 6. The summed E-state index contributed by atoms with van der Waals surface area (Å²) in [6.07, 6.45) is 5.52. The second-order valence-corrected chi connectivity index (χ2v) is 7.84. The average molecular weight is 425 g/mol. The fraction of sp³-hybridized carbons (Fsp3) is 0.167. The lowest BCUT2D eigenvalue weighted by atomic mass is 10.1. The third-order valence-electron chi connectivity index (χ3n) is 5.30. The number of fused-ring (bicyclic) bond motifs is 1. The summed E-state index contributed by atoms with van der Waals surface area (Å²) in [5.41, 5.74) is 4.58. The molecule has 0 bridgehead atoms. The minimum Gasteiger partial charge on any atom is -0.508 e. The number of para-hydroxylation sites is 1. The number of phenolic OH excluding ortho intramolecular Hbond substituents is 1. The number of nitrogens with one attached hydrogen (secondary N) is 1. The van der Waals surface area contributed by atoms with Gasteiger partial charge in [0.05, 0.1) is 11.9 Å². The number of benzene rings is 2. The van der Waals surface area contributed by atoms with Crippen molar-refractivity contribution in [2.75, 3.05) is 5.32 Å². The number of phenols is 1. The maximum Gasteiger partial charge on any atom is 0.228 e. The molecule has 0 aliphatic rings. The van der Waals surface area contributed by atoms with E-state index < -0.39 is 0 Å². The highest BCUT2D eigenvalue weighted by molar-refractivity contribution is 5.64. The van der Waals surface area contributed by atoms with Gasteiger partial charge in [0.1, 0.15) is 5.75 Å². The van der Waals surface area contributed by atoms with Crippen LogP contribution in [0.2, 0.25) is 0 Å². The highest BCUT2D eigenvalue weighted by Gasteiger charge is 2.16. The van der Waals surface area contributed by atoms with Gasteiger partial charge in [-0.3, -0.25) is 0 Å². The van der Waals surface area contributed by atoms with Crippen LogP contribution in [-0.2, 0) is 6.54 Å². The summed E-state index contributed by atoms with van der Waals surface area (Å²) >= 11 is 0. The Labute approximate surface area is 185 Å². The van der Waals surface area contributed by atoms with Crippen LogP contribution in [0.25, 0.3) is 22.7 Å². The number of anilines is 1. The Morgan fingerprint density at radius 2 is 1.88 bits per heavy atom. The first-order valence-corrected chi connectivity index (χ1v) is 10.5. The van der Waals surface area contributed by atoms with Crippen molar-refractivity contribution >= 4 is 11.6 Å². The normalized spacial score (nSPS) is 11.3. The molecule has 0 radical (unpaired) electrons. The molecular weight excluding hydrogens is 402 g/mol. The van der Waals surface area contributed by atoms with Gasteiger partial charge in [-0.25, -0.2) is 9.67 Å². The maximum atomic E-state index is 9.94. The van der Waals surface area contributed by atoms with Gasteiger partial charge in [-0.05, 0) is 35.7 Å². The zero-order valence-corrected chi connectivity index (χ0v) is 17.8. The van der Waals surface area contributed by atoms with Gasteiger partial charge in [0.2, 0.25) is 5.95 Å². The van der Waals surface area contributed by atoms with Crippen LogP contribution in [0.5, 0.6) is 5.75 Å². The SMILES string of the molecule is CC(C)c1cnn2c(NCc3ccccc3-n3cccn3)nc(-c3cccc(O)c3)nc12. The molecule has 5 rings (SSSR count). The third-order valence-corrected chi connectivity index (χ3v) is 5.30. The Bertz CT molecular complexity index is 1370. The molecule has 0 saturated carbocycles. The molecule has 3 heterocycles. The smallest absolute Gasteiger partial charge is 0.228 e. The molecule has 5 aromatic rings. The second kappa shape index (κ2) is 8.14. The Morgan fingerprint density at radius 3 is 2.66 bits per heavy atom. The van der Waals surface area contributed by atoms with Crippen molar-refractivity contribution in [2.45, 2.75) is 26.3 Å². The summed E-state index contributed by atoms with van der Waals surface area (Å²) in [4.78, 5) is 9.50. The van der Waals surface area contributed by atoms with Crippen molar-refractivity contribution in [3.63, 3.8) is 0 Å². The van der Waals surface area contributed by atoms with Gasteiger partial charge in [-0.15, -0.1) is 0 Å². The fourth-order valence-corrected chi connectivity index (χ4v) is 3.66. The van der Waals surface area contributed by atoms with E-state index in [0.29, 0.717) is 18.3 Å². The topological polar surface area (TPSA) is 93.2 Å². The Kier molecular flexibility index (Phi) is 5.03. The zero-order valence-electron chi connectivity index (χ0n) is 17.8. The number of hydrogen-bond donors (Lipinski definition) is 2. The Morgan fingerprint density at radius 1 is 1.00 bits per heavy atom. The molecule has 0 aliphatic heterocycles. The van der Waals surface area contributed by atoms with Crippen molar-refractivity contribution in [3.8, 4) is 22.8 Å². The lowest BCUT2D eigenvalue weighted by Gasteiger charge is -2.13. The van der Waals surface area contributed by atoms with Crippen molar-refractivity contribution in [1.29, 1.82) is 0 Å². The number of nitrogens with zero attached hydrogens (tertiary/aromatic N) is 6. The van der Waals surface area contributed by atoms with Gasteiger partial charge in [0.15, 0.2) is 11.5 Å². The predicted molar refractivity (Wildman–Crippen MR) is 123 cm³/mol. The summed E-state index contributed by atoms with van der Waals surface area (Å²) in [7, 11) is 0. The Hall–Kier alpha value is -4.20. The molecule has 0 fully saturated rings.